The molecule has 2 aromatic rings. The maximum Gasteiger partial charge on any atom is 0.140 e. The van der Waals surface area contributed by atoms with E-state index in [1.54, 1.807) is 6.07 Å². The zero-order valence-electron chi connectivity index (χ0n) is 10.9. The van der Waals surface area contributed by atoms with Crippen LogP contribution in [0.4, 0.5) is 4.39 Å². The van der Waals surface area contributed by atoms with Crippen LogP contribution in [0.15, 0.2) is 42.5 Å². The van der Waals surface area contributed by atoms with Crippen LogP contribution in [-0.2, 0) is 6.54 Å². The summed E-state index contributed by atoms with van der Waals surface area (Å²) in [6, 6.07) is 13.3. The maximum absolute atomic E-state index is 14.0. The molecule has 0 aromatic heterocycles. The Balaban J connectivity index is 1.84. The standard InChI is InChI=1S/C16H15FINO/c17-13-4-3-7-15(12(13)10-19-11-8-9-11)20-16-6-2-1-5-14(16)18/h1-7,11,19H,8-10H2. The van der Waals surface area contributed by atoms with Gasteiger partial charge < -0.3 is 10.1 Å². The minimum Gasteiger partial charge on any atom is -0.456 e. The predicted octanol–water partition coefficient (Wildman–Crippen LogP) is 4.47. The zero-order valence-corrected chi connectivity index (χ0v) is 13.1. The summed E-state index contributed by atoms with van der Waals surface area (Å²) in [7, 11) is 0. The zero-order chi connectivity index (χ0) is 13.9. The van der Waals surface area contributed by atoms with Crippen molar-refractivity contribution in [3.63, 3.8) is 0 Å². The van der Waals surface area contributed by atoms with E-state index in [0.717, 1.165) is 9.32 Å². The first-order chi connectivity index (χ1) is 9.74. The summed E-state index contributed by atoms with van der Waals surface area (Å²) in [5, 5.41) is 3.33. The van der Waals surface area contributed by atoms with Crippen molar-refractivity contribution in [1.29, 1.82) is 0 Å². The molecule has 0 heterocycles. The second-order valence-corrected chi connectivity index (χ2v) is 6.07. The van der Waals surface area contributed by atoms with Crippen molar-refractivity contribution in [1.82, 2.24) is 5.32 Å². The molecular formula is C16H15FINO. The van der Waals surface area contributed by atoms with Gasteiger partial charge in [0.05, 0.1) is 3.57 Å². The smallest absolute Gasteiger partial charge is 0.140 e. The normalized spacial score (nSPS) is 14.3. The van der Waals surface area contributed by atoms with Crippen LogP contribution in [-0.4, -0.2) is 6.04 Å². The van der Waals surface area contributed by atoms with E-state index < -0.39 is 0 Å². The molecule has 1 N–H and O–H groups in total. The second kappa shape index (κ2) is 6.10. The number of benzene rings is 2. The van der Waals surface area contributed by atoms with E-state index in [1.165, 1.54) is 18.9 Å². The summed E-state index contributed by atoms with van der Waals surface area (Å²) >= 11 is 2.22. The molecule has 2 nitrogen and oxygen atoms in total. The third-order valence-electron chi connectivity index (χ3n) is 3.28. The van der Waals surface area contributed by atoms with Gasteiger partial charge in [-0.3, -0.25) is 0 Å². The monoisotopic (exact) mass is 383 g/mol. The van der Waals surface area contributed by atoms with Crippen molar-refractivity contribution < 1.29 is 9.13 Å². The molecule has 0 atom stereocenters. The molecule has 1 fully saturated rings. The molecule has 0 radical (unpaired) electrons. The molecule has 3 rings (SSSR count). The lowest BCUT2D eigenvalue weighted by Gasteiger charge is -2.13. The number of hydrogen-bond acceptors (Lipinski definition) is 2. The van der Waals surface area contributed by atoms with Gasteiger partial charge in [0, 0.05) is 18.2 Å². The molecule has 104 valence electrons. The molecule has 0 unspecified atom stereocenters. The summed E-state index contributed by atoms with van der Waals surface area (Å²) in [5.41, 5.74) is 0.596. The molecule has 1 aliphatic carbocycles. The van der Waals surface area contributed by atoms with Crippen molar-refractivity contribution in [3.8, 4) is 11.5 Å². The Hall–Kier alpha value is -1.14. The third kappa shape index (κ3) is 3.30. The number of halogens is 2. The Labute approximate surface area is 131 Å². The summed E-state index contributed by atoms with van der Waals surface area (Å²) in [6.07, 6.45) is 2.36. The largest absolute Gasteiger partial charge is 0.456 e. The van der Waals surface area contributed by atoms with Gasteiger partial charge in [0.25, 0.3) is 0 Å². The second-order valence-electron chi connectivity index (χ2n) is 4.90. The lowest BCUT2D eigenvalue weighted by molar-refractivity contribution is 0.459. The highest BCUT2D eigenvalue weighted by molar-refractivity contribution is 14.1. The van der Waals surface area contributed by atoms with E-state index in [4.69, 9.17) is 4.74 Å². The molecule has 0 saturated heterocycles. The minimum absolute atomic E-state index is 0.221. The van der Waals surface area contributed by atoms with Gasteiger partial charge in [0.15, 0.2) is 0 Å². The van der Waals surface area contributed by atoms with Gasteiger partial charge in [-0.1, -0.05) is 18.2 Å². The fourth-order valence-electron chi connectivity index (χ4n) is 1.99. The lowest BCUT2D eigenvalue weighted by atomic mass is 10.2. The molecule has 1 saturated carbocycles. The topological polar surface area (TPSA) is 21.3 Å². The van der Waals surface area contributed by atoms with Crippen LogP contribution in [0.2, 0.25) is 0 Å². The lowest BCUT2D eigenvalue weighted by Crippen LogP contribution is -2.16. The maximum atomic E-state index is 14.0. The summed E-state index contributed by atoms with van der Waals surface area (Å²) in [4.78, 5) is 0. The van der Waals surface area contributed by atoms with Gasteiger partial charge in [-0.15, -0.1) is 0 Å². The van der Waals surface area contributed by atoms with Crippen LogP contribution in [0, 0.1) is 9.39 Å². The van der Waals surface area contributed by atoms with Crippen LogP contribution in [0.3, 0.4) is 0 Å². The fraction of sp³-hybridized carbons (Fsp3) is 0.250. The van der Waals surface area contributed by atoms with E-state index in [2.05, 4.69) is 27.9 Å². The summed E-state index contributed by atoms with van der Waals surface area (Å²) < 4.78 is 20.9. The van der Waals surface area contributed by atoms with Gasteiger partial charge in [0.1, 0.15) is 17.3 Å². The average Bonchev–Trinajstić information content (AvgIpc) is 3.25. The SMILES string of the molecule is Fc1cccc(Oc2ccccc2I)c1CNC1CC1. The van der Waals surface area contributed by atoms with Gasteiger partial charge in [-0.05, 0) is 59.7 Å². The predicted molar refractivity (Wildman–Crippen MR) is 85.5 cm³/mol. The van der Waals surface area contributed by atoms with Crippen LogP contribution < -0.4 is 10.1 Å². The molecule has 0 bridgehead atoms. The Bertz CT molecular complexity index is 613. The van der Waals surface area contributed by atoms with E-state index in [1.807, 2.05) is 30.3 Å². The highest BCUT2D eigenvalue weighted by Crippen LogP contribution is 2.31. The van der Waals surface area contributed by atoms with E-state index in [0.29, 0.717) is 23.9 Å². The van der Waals surface area contributed by atoms with Crippen molar-refractivity contribution in [2.24, 2.45) is 0 Å². The molecule has 0 amide bonds. The molecule has 20 heavy (non-hydrogen) atoms. The van der Waals surface area contributed by atoms with Crippen molar-refractivity contribution in [3.05, 3.63) is 57.4 Å². The van der Waals surface area contributed by atoms with Crippen LogP contribution in [0.5, 0.6) is 11.5 Å². The molecule has 0 spiro atoms. The summed E-state index contributed by atoms with van der Waals surface area (Å²) in [5.74, 6) is 1.12. The van der Waals surface area contributed by atoms with Crippen LogP contribution >= 0.6 is 22.6 Å². The number of para-hydroxylation sites is 1. The van der Waals surface area contributed by atoms with Gasteiger partial charge in [0.2, 0.25) is 0 Å². The molecular weight excluding hydrogens is 368 g/mol. The third-order valence-corrected chi connectivity index (χ3v) is 4.17. The first kappa shape index (κ1) is 13.8. The number of ether oxygens (including phenoxy) is 1. The first-order valence-electron chi connectivity index (χ1n) is 6.67. The average molecular weight is 383 g/mol. The van der Waals surface area contributed by atoms with Gasteiger partial charge >= 0.3 is 0 Å². The van der Waals surface area contributed by atoms with E-state index in [-0.39, 0.29) is 5.82 Å². The Kier molecular flexibility index (Phi) is 4.21. The van der Waals surface area contributed by atoms with Gasteiger partial charge in [-0.2, -0.15) is 0 Å². The highest BCUT2D eigenvalue weighted by atomic mass is 127. The number of rotatable bonds is 5. The van der Waals surface area contributed by atoms with E-state index >= 15 is 0 Å². The van der Waals surface area contributed by atoms with Crippen LogP contribution in [0.1, 0.15) is 18.4 Å². The Morgan fingerprint density at radius 2 is 1.85 bits per heavy atom. The van der Waals surface area contributed by atoms with Gasteiger partial charge in [-0.25, -0.2) is 4.39 Å². The van der Waals surface area contributed by atoms with E-state index in [9.17, 15) is 4.39 Å². The highest BCUT2D eigenvalue weighted by Gasteiger charge is 2.21. The molecule has 1 aliphatic rings. The van der Waals surface area contributed by atoms with Crippen molar-refractivity contribution in [2.45, 2.75) is 25.4 Å². The van der Waals surface area contributed by atoms with Crippen molar-refractivity contribution in [2.75, 3.05) is 0 Å². The molecule has 2 aromatic carbocycles. The summed E-state index contributed by atoms with van der Waals surface area (Å²) in [6.45, 7) is 0.510. The quantitative estimate of drug-likeness (QED) is 0.770. The first-order valence-corrected chi connectivity index (χ1v) is 7.75. The Morgan fingerprint density at radius 1 is 1.10 bits per heavy atom. The van der Waals surface area contributed by atoms with Crippen LogP contribution in [0.25, 0.3) is 0 Å². The molecule has 0 aliphatic heterocycles. The fourth-order valence-corrected chi connectivity index (χ4v) is 2.48. The number of nitrogens with one attached hydrogen (secondary N) is 1. The molecule has 4 heteroatoms. The Morgan fingerprint density at radius 3 is 2.60 bits per heavy atom. The number of hydrogen-bond donors (Lipinski definition) is 1. The minimum atomic E-state index is -0.221. The van der Waals surface area contributed by atoms with Crippen molar-refractivity contribution >= 4 is 22.6 Å².